The van der Waals surface area contributed by atoms with E-state index in [4.69, 9.17) is 16.2 Å². The molecule has 106 valence electrons. The minimum atomic E-state index is 0.754. The maximum atomic E-state index is 6.02. The van der Waals surface area contributed by atoms with E-state index in [1.165, 1.54) is 5.56 Å². The van der Waals surface area contributed by atoms with Crippen molar-refractivity contribution in [2.75, 3.05) is 18.6 Å². The van der Waals surface area contributed by atoms with E-state index in [0.29, 0.717) is 0 Å². The molecular weight excluding hydrogens is 268 g/mol. The third-order valence-corrected chi connectivity index (χ3v) is 4.15. The van der Waals surface area contributed by atoms with Gasteiger partial charge in [0.2, 0.25) is 0 Å². The lowest BCUT2D eigenvalue weighted by molar-refractivity contribution is 0.414. The lowest BCUT2D eigenvalue weighted by Gasteiger charge is -2.10. The fourth-order valence-corrected chi connectivity index (χ4v) is 2.94. The predicted octanol–water partition coefficient (Wildman–Crippen LogP) is 3.96. The van der Waals surface area contributed by atoms with Gasteiger partial charge in [0.05, 0.1) is 7.11 Å². The van der Waals surface area contributed by atoms with Crippen LogP contribution in [-0.2, 0) is 6.42 Å². The van der Waals surface area contributed by atoms with Crippen LogP contribution in [0.3, 0.4) is 0 Å². The van der Waals surface area contributed by atoms with Crippen molar-refractivity contribution in [3.63, 3.8) is 0 Å². The van der Waals surface area contributed by atoms with Crippen molar-refractivity contribution < 1.29 is 4.74 Å². The van der Waals surface area contributed by atoms with Crippen molar-refractivity contribution >= 4 is 23.1 Å². The largest absolute Gasteiger partial charge is 0.497 e. The smallest absolute Gasteiger partial charge is 0.120 e. The van der Waals surface area contributed by atoms with Gasteiger partial charge in [0.1, 0.15) is 5.75 Å². The molecule has 4 N–H and O–H groups in total. The molecule has 0 aromatic heterocycles. The fourth-order valence-electron chi connectivity index (χ4n) is 1.99. The molecule has 20 heavy (non-hydrogen) atoms. The van der Waals surface area contributed by atoms with Crippen LogP contribution < -0.4 is 16.2 Å². The highest BCUT2D eigenvalue weighted by Gasteiger charge is 2.06. The number of hydrogen-bond acceptors (Lipinski definition) is 4. The van der Waals surface area contributed by atoms with Crippen LogP contribution in [0.5, 0.6) is 5.75 Å². The molecule has 3 nitrogen and oxygen atoms in total. The first-order chi connectivity index (χ1) is 9.63. The molecule has 0 heterocycles. The zero-order chi connectivity index (χ0) is 14.5. The van der Waals surface area contributed by atoms with Gasteiger partial charge in [0.15, 0.2) is 0 Å². The van der Waals surface area contributed by atoms with Gasteiger partial charge in [-0.05, 0) is 48.4 Å². The highest BCUT2D eigenvalue weighted by Crippen LogP contribution is 2.35. The van der Waals surface area contributed by atoms with Crippen LogP contribution in [0.25, 0.3) is 0 Å². The molecule has 0 saturated carbocycles. The average molecular weight is 288 g/mol. The molecule has 2 rings (SSSR count). The quantitative estimate of drug-likeness (QED) is 0.817. The standard InChI is InChI=1S/C16H20N2OS/c1-3-4-11-9-13(6-8-14(11)17)20-16-10-12(19-2)5-7-15(16)18/h5-10H,3-4,17-18H2,1-2H3. The Bertz CT molecular complexity index is 599. The lowest BCUT2D eigenvalue weighted by atomic mass is 10.1. The number of rotatable bonds is 5. The molecular formula is C16H20N2OS. The van der Waals surface area contributed by atoms with Gasteiger partial charge in [-0.1, -0.05) is 25.1 Å². The summed E-state index contributed by atoms with van der Waals surface area (Å²) < 4.78 is 5.24. The zero-order valence-electron chi connectivity index (χ0n) is 11.8. The molecule has 0 fully saturated rings. The van der Waals surface area contributed by atoms with Crippen molar-refractivity contribution in [1.29, 1.82) is 0 Å². The summed E-state index contributed by atoms with van der Waals surface area (Å²) in [6.45, 7) is 2.15. The minimum absolute atomic E-state index is 0.754. The van der Waals surface area contributed by atoms with Gasteiger partial charge in [-0.15, -0.1) is 0 Å². The van der Waals surface area contributed by atoms with Crippen molar-refractivity contribution in [3.05, 3.63) is 42.0 Å². The molecule has 0 aliphatic carbocycles. The van der Waals surface area contributed by atoms with Crippen LogP contribution >= 0.6 is 11.8 Å². The second kappa shape index (κ2) is 6.57. The monoisotopic (exact) mass is 288 g/mol. The van der Waals surface area contributed by atoms with Crippen LogP contribution in [0.1, 0.15) is 18.9 Å². The maximum absolute atomic E-state index is 6.02. The van der Waals surface area contributed by atoms with Crippen LogP contribution in [-0.4, -0.2) is 7.11 Å². The van der Waals surface area contributed by atoms with Crippen molar-refractivity contribution in [2.45, 2.75) is 29.6 Å². The summed E-state index contributed by atoms with van der Waals surface area (Å²) in [6, 6.07) is 11.8. The Hall–Kier alpha value is -1.81. The molecule has 0 saturated heterocycles. The van der Waals surface area contributed by atoms with Gasteiger partial charge in [0.25, 0.3) is 0 Å². The van der Waals surface area contributed by atoms with E-state index in [-0.39, 0.29) is 0 Å². The predicted molar refractivity (Wildman–Crippen MR) is 86.4 cm³/mol. The first-order valence-corrected chi connectivity index (χ1v) is 7.45. The normalized spacial score (nSPS) is 10.5. The highest BCUT2D eigenvalue weighted by atomic mass is 32.2. The first-order valence-electron chi connectivity index (χ1n) is 6.63. The van der Waals surface area contributed by atoms with Crippen LogP contribution in [0.2, 0.25) is 0 Å². The Morgan fingerprint density at radius 1 is 1.05 bits per heavy atom. The Morgan fingerprint density at radius 2 is 1.80 bits per heavy atom. The van der Waals surface area contributed by atoms with Gasteiger partial charge in [0, 0.05) is 21.2 Å². The summed E-state index contributed by atoms with van der Waals surface area (Å²) in [7, 11) is 1.66. The number of hydrogen-bond donors (Lipinski definition) is 2. The van der Waals surface area contributed by atoms with E-state index < -0.39 is 0 Å². The minimum Gasteiger partial charge on any atom is -0.497 e. The number of methoxy groups -OCH3 is 1. The molecule has 0 aliphatic rings. The van der Waals surface area contributed by atoms with Crippen LogP contribution in [0.15, 0.2) is 46.2 Å². The Balaban J connectivity index is 2.27. The molecule has 0 radical (unpaired) electrons. The summed E-state index contributed by atoms with van der Waals surface area (Å²) in [5.41, 5.74) is 14.8. The van der Waals surface area contributed by atoms with E-state index in [0.717, 1.165) is 39.8 Å². The number of aryl methyl sites for hydroxylation is 1. The second-order valence-electron chi connectivity index (χ2n) is 4.62. The highest BCUT2D eigenvalue weighted by molar-refractivity contribution is 7.99. The molecule has 2 aromatic rings. The Kier molecular flexibility index (Phi) is 4.79. The van der Waals surface area contributed by atoms with Gasteiger partial charge in [-0.2, -0.15) is 0 Å². The average Bonchev–Trinajstić information content (AvgIpc) is 2.45. The zero-order valence-corrected chi connectivity index (χ0v) is 12.7. The summed E-state index contributed by atoms with van der Waals surface area (Å²) in [6.07, 6.45) is 2.08. The lowest BCUT2D eigenvalue weighted by Crippen LogP contribution is -1.94. The number of nitrogen functional groups attached to an aromatic ring is 2. The number of nitrogens with two attached hydrogens (primary N) is 2. The van der Waals surface area contributed by atoms with E-state index in [1.54, 1.807) is 18.9 Å². The third kappa shape index (κ3) is 3.39. The van der Waals surface area contributed by atoms with Crippen LogP contribution in [0.4, 0.5) is 11.4 Å². The van der Waals surface area contributed by atoms with E-state index in [2.05, 4.69) is 13.0 Å². The molecule has 0 atom stereocenters. The summed E-state index contributed by atoms with van der Waals surface area (Å²) >= 11 is 1.63. The molecule has 0 aliphatic heterocycles. The van der Waals surface area contributed by atoms with Gasteiger partial charge in [-0.3, -0.25) is 0 Å². The molecule has 0 bridgehead atoms. The maximum Gasteiger partial charge on any atom is 0.120 e. The molecule has 0 amide bonds. The number of anilines is 2. The summed E-state index contributed by atoms with van der Waals surface area (Å²) in [5, 5.41) is 0. The summed E-state index contributed by atoms with van der Waals surface area (Å²) in [4.78, 5) is 2.14. The SMILES string of the molecule is CCCc1cc(Sc2cc(OC)ccc2N)ccc1N. The van der Waals surface area contributed by atoms with E-state index in [9.17, 15) is 0 Å². The van der Waals surface area contributed by atoms with Gasteiger partial charge in [-0.25, -0.2) is 0 Å². The third-order valence-electron chi connectivity index (χ3n) is 3.08. The number of ether oxygens (including phenoxy) is 1. The van der Waals surface area contributed by atoms with Crippen molar-refractivity contribution in [2.24, 2.45) is 0 Å². The Morgan fingerprint density at radius 3 is 2.50 bits per heavy atom. The van der Waals surface area contributed by atoms with Crippen molar-refractivity contribution in [3.8, 4) is 5.75 Å². The van der Waals surface area contributed by atoms with Gasteiger partial charge < -0.3 is 16.2 Å². The fraction of sp³-hybridized carbons (Fsp3) is 0.250. The van der Waals surface area contributed by atoms with Crippen molar-refractivity contribution in [1.82, 2.24) is 0 Å². The molecule has 0 unspecified atom stereocenters. The summed E-state index contributed by atoms with van der Waals surface area (Å²) in [5.74, 6) is 0.811. The number of benzene rings is 2. The second-order valence-corrected chi connectivity index (χ2v) is 5.73. The van der Waals surface area contributed by atoms with Crippen LogP contribution in [0, 0.1) is 0 Å². The molecule has 4 heteroatoms. The first kappa shape index (κ1) is 14.6. The van der Waals surface area contributed by atoms with E-state index >= 15 is 0 Å². The molecule has 0 spiro atoms. The van der Waals surface area contributed by atoms with E-state index in [1.807, 2.05) is 30.3 Å². The topological polar surface area (TPSA) is 61.3 Å². The van der Waals surface area contributed by atoms with Gasteiger partial charge >= 0.3 is 0 Å². The Labute approximate surface area is 124 Å². The molecule has 2 aromatic carbocycles.